The Kier molecular flexibility index (Phi) is 4.69. The predicted octanol–water partition coefficient (Wildman–Crippen LogP) is 2.58. The number of rotatable bonds is 5. The summed E-state index contributed by atoms with van der Waals surface area (Å²) in [4.78, 5) is 37.3. The summed E-state index contributed by atoms with van der Waals surface area (Å²) in [6.45, 7) is 1.46. The van der Waals surface area contributed by atoms with Crippen molar-refractivity contribution in [3.05, 3.63) is 53.9 Å². The van der Waals surface area contributed by atoms with Crippen LogP contribution >= 0.6 is 0 Å². The monoisotopic (exact) mass is 407 g/mol. The Morgan fingerprint density at radius 2 is 2.17 bits per heavy atom. The first-order valence-electron chi connectivity index (χ1n) is 10.2. The van der Waals surface area contributed by atoms with E-state index in [1.807, 2.05) is 9.80 Å². The van der Waals surface area contributed by atoms with Crippen molar-refractivity contribution in [1.29, 1.82) is 0 Å². The normalized spacial score (nSPS) is 18.6. The largest absolute Gasteiger partial charge is 0.364 e. The van der Waals surface area contributed by atoms with Crippen molar-refractivity contribution in [3.63, 3.8) is 0 Å². The van der Waals surface area contributed by atoms with E-state index in [4.69, 9.17) is 0 Å². The lowest BCUT2D eigenvalue weighted by atomic mass is 10.0. The van der Waals surface area contributed by atoms with Crippen LogP contribution in [0.1, 0.15) is 25.7 Å². The first kappa shape index (κ1) is 18.7. The number of halogens is 1. The average Bonchev–Trinajstić information content (AvgIpc) is 3.53. The molecule has 7 nitrogen and oxygen atoms in total. The van der Waals surface area contributed by atoms with Crippen LogP contribution in [0.3, 0.4) is 0 Å². The van der Waals surface area contributed by atoms with Crippen LogP contribution < -0.4 is 5.32 Å². The Morgan fingerprint density at radius 1 is 1.30 bits per heavy atom. The van der Waals surface area contributed by atoms with Crippen LogP contribution in [-0.4, -0.2) is 57.3 Å². The molecular formula is C22H22FN5O2. The minimum Gasteiger partial charge on any atom is -0.364 e. The summed E-state index contributed by atoms with van der Waals surface area (Å²) in [5.74, 6) is -0.453. The van der Waals surface area contributed by atoms with Gasteiger partial charge in [-0.1, -0.05) is 6.07 Å². The van der Waals surface area contributed by atoms with Crippen molar-refractivity contribution in [2.75, 3.05) is 25.0 Å². The molecule has 3 aliphatic rings. The molecule has 1 N–H and O–H groups in total. The van der Waals surface area contributed by atoms with E-state index in [2.05, 4.69) is 15.3 Å². The molecule has 5 rings (SSSR count). The van der Waals surface area contributed by atoms with Crippen LogP contribution in [-0.2, 0) is 9.59 Å². The zero-order chi connectivity index (χ0) is 20.7. The summed E-state index contributed by atoms with van der Waals surface area (Å²) in [6, 6.07) is 5.06. The molecule has 2 aromatic rings. The lowest BCUT2D eigenvalue weighted by Gasteiger charge is -2.29. The number of carbonyl (C=O) groups is 2. The molecular weight excluding hydrogens is 385 g/mol. The van der Waals surface area contributed by atoms with Crippen molar-refractivity contribution in [3.8, 4) is 11.1 Å². The lowest BCUT2D eigenvalue weighted by Crippen LogP contribution is -2.37. The first-order chi connectivity index (χ1) is 14.6. The fourth-order valence-electron chi connectivity index (χ4n) is 4.19. The molecule has 2 aliphatic heterocycles. The molecule has 30 heavy (non-hydrogen) atoms. The highest BCUT2D eigenvalue weighted by molar-refractivity contribution is 5.98. The molecule has 1 fully saturated rings. The van der Waals surface area contributed by atoms with Gasteiger partial charge < -0.3 is 15.1 Å². The summed E-state index contributed by atoms with van der Waals surface area (Å²) in [7, 11) is 0. The Bertz CT molecular complexity index is 1040. The maximum atomic E-state index is 14.5. The van der Waals surface area contributed by atoms with Crippen LogP contribution in [0.15, 0.2) is 48.1 Å². The minimum atomic E-state index is -0.474. The van der Waals surface area contributed by atoms with Gasteiger partial charge in [-0.05, 0) is 31.7 Å². The molecule has 154 valence electrons. The third-order valence-corrected chi connectivity index (χ3v) is 5.84. The van der Waals surface area contributed by atoms with Crippen molar-refractivity contribution in [1.82, 2.24) is 19.8 Å². The number of anilines is 1. The molecule has 0 atom stereocenters. The molecule has 0 aromatic carbocycles. The second-order valence-corrected chi connectivity index (χ2v) is 7.95. The van der Waals surface area contributed by atoms with Crippen molar-refractivity contribution >= 4 is 17.6 Å². The molecule has 0 saturated heterocycles. The third kappa shape index (κ3) is 3.53. The van der Waals surface area contributed by atoms with E-state index in [0.717, 1.165) is 43.5 Å². The molecule has 2 aromatic heterocycles. The molecule has 2 amide bonds. The van der Waals surface area contributed by atoms with Gasteiger partial charge in [0, 0.05) is 59.6 Å². The quantitative estimate of drug-likeness (QED) is 0.824. The van der Waals surface area contributed by atoms with E-state index in [1.54, 1.807) is 24.5 Å². The van der Waals surface area contributed by atoms with E-state index in [-0.39, 0.29) is 24.2 Å². The smallest absolute Gasteiger partial charge is 0.252 e. The molecule has 0 radical (unpaired) electrons. The molecule has 0 spiro atoms. The van der Waals surface area contributed by atoms with Gasteiger partial charge in [-0.25, -0.2) is 9.37 Å². The molecule has 1 aliphatic carbocycles. The van der Waals surface area contributed by atoms with Crippen molar-refractivity contribution in [2.45, 2.75) is 31.7 Å². The second-order valence-electron chi connectivity index (χ2n) is 7.95. The third-order valence-electron chi connectivity index (χ3n) is 5.84. The van der Waals surface area contributed by atoms with Gasteiger partial charge in [0.1, 0.15) is 11.6 Å². The molecule has 0 bridgehead atoms. The van der Waals surface area contributed by atoms with Crippen LogP contribution in [0.25, 0.3) is 11.1 Å². The number of nitrogens with zero attached hydrogens (tertiary/aromatic N) is 4. The Morgan fingerprint density at radius 3 is 2.90 bits per heavy atom. The number of nitrogens with one attached hydrogen (secondary N) is 1. The summed E-state index contributed by atoms with van der Waals surface area (Å²) >= 11 is 0. The maximum absolute atomic E-state index is 14.5. The number of hydrogen-bond acceptors (Lipinski definition) is 5. The van der Waals surface area contributed by atoms with Gasteiger partial charge >= 0.3 is 0 Å². The fourth-order valence-corrected chi connectivity index (χ4v) is 4.19. The van der Waals surface area contributed by atoms with Gasteiger partial charge in [-0.15, -0.1) is 0 Å². The van der Waals surface area contributed by atoms with Gasteiger partial charge in [0.2, 0.25) is 5.91 Å². The van der Waals surface area contributed by atoms with E-state index >= 15 is 0 Å². The average molecular weight is 407 g/mol. The van der Waals surface area contributed by atoms with Crippen molar-refractivity contribution in [2.24, 2.45) is 0 Å². The second kappa shape index (κ2) is 7.51. The zero-order valence-electron chi connectivity index (χ0n) is 16.5. The number of hydrogen-bond donors (Lipinski definition) is 1. The van der Waals surface area contributed by atoms with Gasteiger partial charge in [0.05, 0.1) is 13.1 Å². The summed E-state index contributed by atoms with van der Waals surface area (Å²) in [6.07, 6.45) is 8.34. The molecule has 0 unspecified atom stereocenters. The molecule has 1 saturated carbocycles. The number of aromatic nitrogens is 2. The van der Waals surface area contributed by atoms with Gasteiger partial charge in [-0.3, -0.25) is 14.6 Å². The van der Waals surface area contributed by atoms with Gasteiger partial charge in [0.25, 0.3) is 5.91 Å². The minimum absolute atomic E-state index is 0.123. The van der Waals surface area contributed by atoms with E-state index < -0.39 is 5.82 Å². The Hall–Kier alpha value is -3.29. The number of carbonyl (C=O) groups excluding carboxylic acids is 2. The number of pyridine rings is 2. The standard InChI is InChI=1S/C22H22FN5O2/c23-18-9-20(25-11-17(18)14-3-1-7-24-10-14)26-21(29)13-27-8-2-4-16-19(27)12-28(22(16)30)15-5-6-15/h1,3,7,9-11,15H,2,4-6,8,12-13H2,(H,25,26,29). The first-order valence-corrected chi connectivity index (χ1v) is 10.2. The zero-order valence-corrected chi connectivity index (χ0v) is 16.5. The SMILES string of the molecule is O=C(CN1CCCC2=C1CN(C1CC1)C2=O)Nc1cc(F)c(-c2cccnc2)cn1. The van der Waals surface area contributed by atoms with Crippen LogP contribution in [0.2, 0.25) is 0 Å². The molecule has 8 heteroatoms. The molecule has 4 heterocycles. The summed E-state index contributed by atoms with van der Waals surface area (Å²) in [5.41, 5.74) is 2.78. The van der Waals surface area contributed by atoms with Gasteiger partial charge in [0.15, 0.2) is 0 Å². The Balaban J connectivity index is 1.26. The highest BCUT2D eigenvalue weighted by atomic mass is 19.1. The fraction of sp³-hybridized carbons (Fsp3) is 0.364. The topological polar surface area (TPSA) is 78.4 Å². The highest BCUT2D eigenvalue weighted by Crippen LogP contribution is 2.37. The Labute approximate surface area is 173 Å². The number of amides is 2. The van der Waals surface area contributed by atoms with Crippen molar-refractivity contribution < 1.29 is 14.0 Å². The van der Waals surface area contributed by atoms with E-state index in [1.165, 1.54) is 12.3 Å². The van der Waals surface area contributed by atoms with Crippen LogP contribution in [0, 0.1) is 5.82 Å². The highest BCUT2D eigenvalue weighted by Gasteiger charge is 2.42. The van der Waals surface area contributed by atoms with Crippen LogP contribution in [0.5, 0.6) is 0 Å². The maximum Gasteiger partial charge on any atom is 0.252 e. The predicted molar refractivity (Wildman–Crippen MR) is 109 cm³/mol. The van der Waals surface area contributed by atoms with Crippen LogP contribution in [0.4, 0.5) is 10.2 Å². The summed E-state index contributed by atoms with van der Waals surface area (Å²) in [5, 5.41) is 2.68. The summed E-state index contributed by atoms with van der Waals surface area (Å²) < 4.78 is 14.5. The van der Waals surface area contributed by atoms with E-state index in [9.17, 15) is 14.0 Å². The van der Waals surface area contributed by atoms with Gasteiger partial charge in [-0.2, -0.15) is 0 Å². The lowest BCUT2D eigenvalue weighted by molar-refractivity contribution is -0.126. The van der Waals surface area contributed by atoms with E-state index in [0.29, 0.717) is 23.7 Å².